The van der Waals surface area contributed by atoms with E-state index in [2.05, 4.69) is 28.5 Å². The van der Waals surface area contributed by atoms with Gasteiger partial charge in [-0.15, -0.1) is 0 Å². The molecule has 0 amide bonds. The van der Waals surface area contributed by atoms with E-state index in [9.17, 15) is 19.9 Å². The lowest BCUT2D eigenvalue weighted by Crippen LogP contribution is -2.38. The fourth-order valence-electron chi connectivity index (χ4n) is 6.33. The number of ketones is 2. The van der Waals surface area contributed by atoms with E-state index < -0.39 is 0 Å². The Hall–Kier alpha value is -3.97. The molecule has 1 fully saturated rings. The van der Waals surface area contributed by atoms with Crippen LogP contribution in [-0.2, 0) is 6.54 Å². The quantitative estimate of drug-likeness (QED) is 0.0447. The van der Waals surface area contributed by atoms with Crippen LogP contribution in [0, 0.1) is 5.92 Å². The van der Waals surface area contributed by atoms with Crippen LogP contribution in [0.25, 0.3) is 21.8 Å². The van der Waals surface area contributed by atoms with Gasteiger partial charge in [0, 0.05) is 45.0 Å². The maximum absolute atomic E-state index is 13.5. The molecule has 1 saturated heterocycles. The summed E-state index contributed by atoms with van der Waals surface area (Å²) in [7, 11) is 0. The molecule has 1 aromatic heterocycles. The largest absolute Gasteiger partial charge is 0.508 e. The van der Waals surface area contributed by atoms with Crippen molar-refractivity contribution in [2.24, 2.45) is 11.1 Å². The monoisotopic (exact) mass is 595 g/mol. The first kappa shape index (κ1) is 31.5. The minimum absolute atomic E-state index is 0.115. The van der Waals surface area contributed by atoms with Gasteiger partial charge in [0.05, 0.1) is 0 Å². The minimum Gasteiger partial charge on any atom is -0.508 e. The molecule has 2 heterocycles. The fraction of sp³-hybridized carbons (Fsp3) is 0.432. The zero-order valence-corrected chi connectivity index (χ0v) is 26.1. The van der Waals surface area contributed by atoms with Gasteiger partial charge in [0.1, 0.15) is 11.5 Å². The van der Waals surface area contributed by atoms with Gasteiger partial charge in [0.15, 0.2) is 5.78 Å². The number of likely N-dealkylation sites (tertiary alicyclic amines) is 1. The third-order valence-electron chi connectivity index (χ3n) is 9.13. The zero-order valence-electron chi connectivity index (χ0n) is 26.1. The number of benzene rings is 3. The number of rotatable bonds is 16. The van der Waals surface area contributed by atoms with Crippen LogP contribution in [0.15, 0.2) is 65.8 Å². The first-order chi connectivity index (χ1) is 21.4. The number of carbonyl (C=O) groups is 2. The molecule has 0 radical (unpaired) electrons. The van der Waals surface area contributed by atoms with Crippen LogP contribution in [0.1, 0.15) is 97.9 Å². The van der Waals surface area contributed by atoms with E-state index >= 15 is 0 Å². The molecule has 7 heteroatoms. The molecule has 44 heavy (non-hydrogen) atoms. The molecule has 3 aromatic carbocycles. The molecule has 1 aliphatic rings. The Labute approximate surface area is 260 Å². The van der Waals surface area contributed by atoms with E-state index in [-0.39, 0.29) is 23.0 Å². The van der Waals surface area contributed by atoms with Gasteiger partial charge in [0.2, 0.25) is 5.78 Å². The summed E-state index contributed by atoms with van der Waals surface area (Å²) < 4.78 is 2.37. The molecular weight excluding hydrogens is 550 g/mol. The van der Waals surface area contributed by atoms with E-state index in [4.69, 9.17) is 0 Å². The Bertz CT molecular complexity index is 1630. The van der Waals surface area contributed by atoms with Crippen LogP contribution < -0.4 is 0 Å². The lowest BCUT2D eigenvalue weighted by Gasteiger charge is -2.32. The minimum atomic E-state index is -0.266. The third-order valence-corrected chi connectivity index (χ3v) is 9.13. The third kappa shape index (κ3) is 7.05. The second kappa shape index (κ2) is 14.7. The molecular formula is C37H45N3O4. The highest BCUT2D eigenvalue weighted by Gasteiger charge is 2.22. The topological polar surface area (TPSA) is 95.1 Å². The lowest BCUT2D eigenvalue weighted by atomic mass is 9.97. The van der Waals surface area contributed by atoms with Gasteiger partial charge in [0.25, 0.3) is 0 Å². The van der Waals surface area contributed by atoms with Crippen molar-refractivity contribution in [2.75, 3.05) is 19.6 Å². The van der Waals surface area contributed by atoms with Crippen molar-refractivity contribution in [2.45, 2.75) is 78.2 Å². The number of nitrogens with zero attached hydrogens (tertiary/aromatic N) is 3. The summed E-state index contributed by atoms with van der Waals surface area (Å²) in [4.78, 5) is 29.4. The number of phenols is 1. The first-order valence-corrected chi connectivity index (χ1v) is 16.3. The van der Waals surface area contributed by atoms with Crippen molar-refractivity contribution in [1.29, 1.82) is 0 Å². The average Bonchev–Trinajstić information content (AvgIpc) is 3.32. The highest BCUT2D eigenvalue weighted by atomic mass is 16.4. The zero-order chi connectivity index (χ0) is 31.1. The fourth-order valence-corrected chi connectivity index (χ4v) is 6.33. The Morgan fingerprint density at radius 1 is 0.818 bits per heavy atom. The number of oxime groups is 1. The predicted molar refractivity (Wildman–Crippen MR) is 177 cm³/mol. The summed E-state index contributed by atoms with van der Waals surface area (Å²) in [5.74, 6) is 0.240. The maximum Gasteiger partial charge on any atom is 0.210 e. The van der Waals surface area contributed by atoms with Crippen molar-refractivity contribution in [3.05, 3.63) is 77.4 Å². The highest BCUT2D eigenvalue weighted by Crippen LogP contribution is 2.33. The molecule has 232 valence electrons. The van der Waals surface area contributed by atoms with E-state index in [0.29, 0.717) is 29.0 Å². The Morgan fingerprint density at radius 2 is 1.45 bits per heavy atom. The van der Waals surface area contributed by atoms with Gasteiger partial charge in [-0.25, -0.2) is 0 Å². The van der Waals surface area contributed by atoms with E-state index in [0.717, 1.165) is 73.4 Å². The van der Waals surface area contributed by atoms with Crippen molar-refractivity contribution in [3.63, 3.8) is 0 Å². The number of carbonyl (C=O) groups excluding carboxylic acids is 2. The first-order valence-electron chi connectivity index (χ1n) is 16.3. The molecule has 4 aromatic rings. The predicted octanol–water partition coefficient (Wildman–Crippen LogP) is 8.23. The van der Waals surface area contributed by atoms with Crippen LogP contribution in [0.4, 0.5) is 0 Å². The molecule has 0 bridgehead atoms. The van der Waals surface area contributed by atoms with E-state index in [1.807, 2.05) is 36.4 Å². The van der Waals surface area contributed by atoms with Crippen LogP contribution in [0.5, 0.6) is 5.75 Å². The second-order valence-electron chi connectivity index (χ2n) is 12.3. The average molecular weight is 596 g/mol. The molecule has 5 rings (SSSR count). The molecule has 7 nitrogen and oxygen atoms in total. The number of fused-ring (bicyclic) bond motifs is 3. The van der Waals surface area contributed by atoms with Crippen molar-refractivity contribution in [1.82, 2.24) is 9.47 Å². The van der Waals surface area contributed by atoms with Crippen molar-refractivity contribution >= 4 is 39.1 Å². The van der Waals surface area contributed by atoms with Gasteiger partial charge >= 0.3 is 0 Å². The van der Waals surface area contributed by atoms with Gasteiger partial charge in [-0.1, -0.05) is 44.7 Å². The van der Waals surface area contributed by atoms with Crippen LogP contribution in [0.3, 0.4) is 0 Å². The number of Topliss-reactive ketones (excluding diaryl/α,β-unsaturated/α-hetero) is 1. The van der Waals surface area contributed by atoms with Gasteiger partial charge in [-0.2, -0.15) is 0 Å². The molecule has 2 N–H and O–H groups in total. The highest BCUT2D eigenvalue weighted by molar-refractivity contribution is 6.46. The number of hydrogen-bond donors (Lipinski definition) is 2. The Kier molecular flexibility index (Phi) is 10.5. The number of phenolic OH excluding ortho intramolecular Hbond substituents is 1. The standard InChI is InChI=1S/C37H45N3O4/c1-3-5-7-10-33(38-44)37(43)29-14-18-35-32(24-29)31-23-28(36(42)27-11-15-30(41)16-12-27)13-17-34(31)40(35)25-26(9-6-4-2)19-22-39-20-8-21-39/h11-18,23-24,26,41,44H,3-10,19-22,25H2,1-2H3/b38-33+. The van der Waals surface area contributed by atoms with Gasteiger partial charge in [-0.05, 0) is 118 Å². The van der Waals surface area contributed by atoms with Crippen LogP contribution in [0.2, 0.25) is 0 Å². The normalized spacial score (nSPS) is 14.6. The summed E-state index contributed by atoms with van der Waals surface area (Å²) in [5, 5.41) is 24.6. The molecule has 1 atom stereocenters. The van der Waals surface area contributed by atoms with Gasteiger partial charge in [-0.3, -0.25) is 9.59 Å². The van der Waals surface area contributed by atoms with Gasteiger partial charge < -0.3 is 19.8 Å². The SMILES string of the molecule is CCCCC/C(=N\O)C(=O)c1ccc2c(c1)c1cc(C(=O)c3ccc(O)cc3)ccc1n2CC(CCCC)CCN1CCC1. The lowest BCUT2D eigenvalue weighted by molar-refractivity contribution is 0.103. The van der Waals surface area contributed by atoms with Crippen LogP contribution in [-0.4, -0.2) is 56.7 Å². The molecule has 0 spiro atoms. The number of aromatic nitrogens is 1. The molecule has 0 saturated carbocycles. The Balaban J connectivity index is 1.56. The number of aromatic hydroxyl groups is 1. The number of hydrogen-bond acceptors (Lipinski definition) is 6. The molecule has 0 aliphatic carbocycles. The smallest absolute Gasteiger partial charge is 0.210 e. The summed E-state index contributed by atoms with van der Waals surface area (Å²) in [6.07, 6.45) is 9.15. The summed E-state index contributed by atoms with van der Waals surface area (Å²) in [6.45, 7) is 8.72. The van der Waals surface area contributed by atoms with Crippen molar-refractivity contribution < 1.29 is 19.9 Å². The van der Waals surface area contributed by atoms with Crippen molar-refractivity contribution in [3.8, 4) is 5.75 Å². The van der Waals surface area contributed by atoms with E-state index in [1.165, 1.54) is 38.1 Å². The summed E-state index contributed by atoms with van der Waals surface area (Å²) in [6, 6.07) is 17.9. The van der Waals surface area contributed by atoms with E-state index in [1.54, 1.807) is 12.1 Å². The molecule has 1 aliphatic heterocycles. The maximum atomic E-state index is 13.5. The van der Waals surface area contributed by atoms with Crippen LogP contribution >= 0.6 is 0 Å². The summed E-state index contributed by atoms with van der Waals surface area (Å²) in [5.41, 5.74) is 3.78. The Morgan fingerprint density at radius 3 is 2.07 bits per heavy atom. The number of unbranched alkanes of at least 4 members (excludes halogenated alkanes) is 3. The second-order valence-corrected chi connectivity index (χ2v) is 12.3. The molecule has 1 unspecified atom stereocenters. The summed E-state index contributed by atoms with van der Waals surface area (Å²) >= 11 is 0.